The number of hydrogen-bond acceptors (Lipinski definition) is 1. The molecular formula is H7CsKLiNNa. The Labute approximate surface area is 174 Å². The van der Waals surface area contributed by atoms with Crippen LogP contribution in [0.25, 0.3) is 0 Å². The van der Waals surface area contributed by atoms with Crippen molar-refractivity contribution < 1.29 is 174 Å². The van der Waals surface area contributed by atoms with E-state index in [9.17, 15) is 0 Å². The maximum atomic E-state index is 0. The summed E-state index contributed by atoms with van der Waals surface area (Å²) in [5.41, 5.74) is 0. The molecule has 3 N–H and O–H groups in total. The quantitative estimate of drug-likeness (QED) is 0.406. The molecule has 0 spiro atoms. The van der Waals surface area contributed by atoms with E-state index >= 15 is 0 Å². The second-order valence-electron chi connectivity index (χ2n) is 0. The van der Waals surface area contributed by atoms with Gasteiger partial charge in [-0.3, -0.25) is 0 Å². The number of rotatable bonds is 0. The summed E-state index contributed by atoms with van der Waals surface area (Å²) in [5, 5.41) is 0. The van der Waals surface area contributed by atoms with Gasteiger partial charge in [-0.15, -0.1) is 0 Å². The summed E-state index contributed by atoms with van der Waals surface area (Å²) in [4.78, 5) is 0. The van der Waals surface area contributed by atoms with E-state index in [1.54, 1.807) is 0 Å². The smallest absolute Gasteiger partial charge is 1.00 e. The van der Waals surface area contributed by atoms with Crippen LogP contribution in [0, 0.1) is 0 Å². The molecule has 0 saturated heterocycles. The molecule has 1 nitrogen and oxygen atoms in total. The zero-order valence-electron chi connectivity index (χ0n) is 8.71. The number of hydrogen-bond donors (Lipinski definition) is 1. The first kappa shape index (κ1) is 31.8. The molecule has 0 aromatic carbocycles. The van der Waals surface area contributed by atoms with Gasteiger partial charge in [0.25, 0.3) is 0 Å². The Morgan fingerprint density at radius 2 is 1.20 bits per heavy atom. The Hall–Kier alpha value is 5.25. The van der Waals surface area contributed by atoms with Gasteiger partial charge >= 0.3 is 169 Å². The molecule has 0 aliphatic heterocycles. The Balaban J connectivity index is 0. The zero-order valence-corrected chi connectivity index (χ0v) is 16.1. The largest absolute Gasteiger partial charge is 1.00 e. The maximum Gasteiger partial charge on any atom is 1.00 e. The first-order chi connectivity index (χ1) is 0. The van der Waals surface area contributed by atoms with E-state index in [4.69, 9.17) is 0 Å². The van der Waals surface area contributed by atoms with Crippen LogP contribution >= 0.6 is 0 Å². The molecule has 0 unspecified atom stereocenters. The minimum Gasteiger partial charge on any atom is -1.00 e. The van der Waals surface area contributed by atoms with Gasteiger partial charge in [0, 0.05) is 0 Å². The third-order valence-corrected chi connectivity index (χ3v) is 0. The van der Waals surface area contributed by atoms with Crippen molar-refractivity contribution in [3.8, 4) is 0 Å². The molecule has 0 fully saturated rings. The summed E-state index contributed by atoms with van der Waals surface area (Å²) in [6.45, 7) is 0. The molecule has 5 heteroatoms. The predicted octanol–water partition coefficient (Wildman–Crippen LogP) is -11.4. The van der Waals surface area contributed by atoms with Gasteiger partial charge < -0.3 is 11.9 Å². The molecule has 0 saturated carbocycles. The average Bonchev–Trinajstić information content (AvgIpc) is 0. The van der Waals surface area contributed by atoms with Gasteiger partial charge in [0.05, 0.1) is 0 Å². The van der Waals surface area contributed by atoms with E-state index in [1.807, 2.05) is 0 Å². The molecule has 0 aliphatic rings. The van der Waals surface area contributed by atoms with Gasteiger partial charge in [-0.05, 0) is 0 Å². The van der Waals surface area contributed by atoms with Gasteiger partial charge in [0.15, 0.2) is 0 Å². The second-order valence-corrected chi connectivity index (χ2v) is 0. The van der Waals surface area contributed by atoms with Crippen molar-refractivity contribution in [2.75, 3.05) is 0 Å². The van der Waals surface area contributed by atoms with E-state index in [0.717, 1.165) is 0 Å². The second kappa shape index (κ2) is 22.8. The standard InChI is InChI=1S/Cs.K.Li.H3N.Na.4H/h;;;1H3;;;;;/q3*+1;;+1;4*-1. The van der Waals surface area contributed by atoms with Crippen molar-refractivity contribution in [2.24, 2.45) is 0 Å². The Bertz CT molecular complexity index is 20.5. The molecule has 0 atom stereocenters. The molecule has 16 valence electrons. The third kappa shape index (κ3) is 17.6. The van der Waals surface area contributed by atoms with Crippen LogP contribution in [0.2, 0.25) is 0 Å². The predicted molar refractivity (Wildman–Crippen MR) is 9.47 cm³/mol. The monoisotopic (exact) mass is 223 g/mol. The fourth-order valence-electron chi connectivity index (χ4n) is 0. The van der Waals surface area contributed by atoms with E-state index in [-0.39, 0.29) is 181 Å². The molecule has 0 aromatic heterocycles. The third-order valence-electron chi connectivity index (χ3n) is 0. The molecule has 0 rings (SSSR count). The van der Waals surface area contributed by atoms with Gasteiger partial charge in [0.2, 0.25) is 0 Å². The van der Waals surface area contributed by atoms with Crippen LogP contribution in [0.15, 0.2) is 0 Å². The minimum atomic E-state index is 0. The van der Waals surface area contributed by atoms with Crippen LogP contribution in [0.1, 0.15) is 5.71 Å². The molecule has 0 bridgehead atoms. The van der Waals surface area contributed by atoms with E-state index in [2.05, 4.69) is 0 Å². The van der Waals surface area contributed by atoms with Gasteiger partial charge in [-0.1, -0.05) is 0 Å². The van der Waals surface area contributed by atoms with Crippen LogP contribution < -0.4 is 175 Å². The van der Waals surface area contributed by atoms with E-state index < -0.39 is 0 Å². The average molecular weight is 223 g/mol. The molecule has 0 amide bonds. The maximum absolute atomic E-state index is 0. The SMILES string of the molecule is N.[Cs+].[H-].[H-].[H-].[H-].[K+].[Li+].[Na+]. The molecule has 0 aromatic rings. The molecule has 0 radical (unpaired) electrons. The van der Waals surface area contributed by atoms with Crippen molar-refractivity contribution in [2.45, 2.75) is 0 Å². The van der Waals surface area contributed by atoms with Crippen molar-refractivity contribution in [1.82, 2.24) is 6.15 Å². The minimum absolute atomic E-state index is 0. The van der Waals surface area contributed by atoms with Gasteiger partial charge in [-0.25, -0.2) is 0 Å². The van der Waals surface area contributed by atoms with Gasteiger partial charge in [-0.2, -0.15) is 0 Å². The summed E-state index contributed by atoms with van der Waals surface area (Å²) in [5.74, 6) is 0. The van der Waals surface area contributed by atoms with E-state index in [0.29, 0.717) is 0 Å². The first-order valence-electron chi connectivity index (χ1n) is 0. The summed E-state index contributed by atoms with van der Waals surface area (Å²) in [6, 6.07) is 0. The van der Waals surface area contributed by atoms with Crippen LogP contribution in [0.5, 0.6) is 0 Å². The summed E-state index contributed by atoms with van der Waals surface area (Å²) >= 11 is 0. The zero-order chi connectivity index (χ0) is 0. The first-order valence-corrected chi connectivity index (χ1v) is 0. The molecule has 0 heterocycles. The molecule has 0 aliphatic carbocycles. The van der Waals surface area contributed by atoms with Crippen LogP contribution in [-0.2, 0) is 0 Å². The van der Waals surface area contributed by atoms with Crippen LogP contribution in [0.4, 0.5) is 0 Å². The topological polar surface area (TPSA) is 35.0 Å². The van der Waals surface area contributed by atoms with Crippen molar-refractivity contribution in [3.63, 3.8) is 0 Å². The Kier molecular flexibility index (Phi) is 145. The Morgan fingerprint density at radius 3 is 1.20 bits per heavy atom. The van der Waals surface area contributed by atoms with Crippen LogP contribution in [-0.4, -0.2) is 0 Å². The van der Waals surface area contributed by atoms with Crippen molar-refractivity contribution in [1.29, 1.82) is 0 Å². The molecule has 5 heavy (non-hydrogen) atoms. The fraction of sp³-hybridized carbons (Fsp3) is 0. The summed E-state index contributed by atoms with van der Waals surface area (Å²) in [6.07, 6.45) is 0. The van der Waals surface area contributed by atoms with E-state index in [1.165, 1.54) is 0 Å². The fourth-order valence-corrected chi connectivity index (χ4v) is 0. The van der Waals surface area contributed by atoms with Crippen molar-refractivity contribution in [3.05, 3.63) is 0 Å². The Morgan fingerprint density at radius 1 is 1.20 bits per heavy atom. The molecular weight excluding hydrogens is 216 g/mol. The van der Waals surface area contributed by atoms with Crippen LogP contribution in [0.3, 0.4) is 0 Å². The summed E-state index contributed by atoms with van der Waals surface area (Å²) < 4.78 is 0. The normalized spacial score (nSPS) is 0. The van der Waals surface area contributed by atoms with Gasteiger partial charge in [0.1, 0.15) is 0 Å². The van der Waals surface area contributed by atoms with Crippen molar-refractivity contribution >= 4 is 0 Å². The summed E-state index contributed by atoms with van der Waals surface area (Å²) in [7, 11) is 0.